The maximum absolute atomic E-state index is 11.0. The number of hydrogen-bond acceptors (Lipinski definition) is 5. The summed E-state index contributed by atoms with van der Waals surface area (Å²) in [5.41, 5.74) is 6.48. The molecule has 2 rings (SSSR count). The molecule has 0 aliphatic carbocycles. The minimum Gasteiger partial charge on any atom is -0.381 e. The highest BCUT2D eigenvalue weighted by atomic mass is 79.9. The molecular weight excluding hydrogens is 290 g/mol. The standard InChI is InChI=1S/C9H8BrN5O2/c1-5-2-6(10)9(7(3-5)15(16)17)14-4-8(11)12-13-14/h2-4H,11H2,1H3. The molecule has 1 heterocycles. The lowest BCUT2D eigenvalue weighted by Gasteiger charge is -2.05. The predicted molar refractivity (Wildman–Crippen MR) is 64.9 cm³/mol. The average molecular weight is 298 g/mol. The number of benzene rings is 1. The Balaban J connectivity index is 2.71. The van der Waals surface area contributed by atoms with Crippen LogP contribution in [-0.4, -0.2) is 19.9 Å². The first-order chi connectivity index (χ1) is 7.99. The first-order valence-corrected chi connectivity index (χ1v) is 5.41. The van der Waals surface area contributed by atoms with Gasteiger partial charge in [-0.25, -0.2) is 4.68 Å². The van der Waals surface area contributed by atoms with Gasteiger partial charge >= 0.3 is 0 Å². The Labute approximate surface area is 105 Å². The Morgan fingerprint density at radius 3 is 2.76 bits per heavy atom. The highest BCUT2D eigenvalue weighted by molar-refractivity contribution is 9.10. The van der Waals surface area contributed by atoms with Crippen LogP contribution in [0, 0.1) is 17.0 Å². The fraction of sp³-hybridized carbons (Fsp3) is 0.111. The second-order valence-electron chi connectivity index (χ2n) is 3.46. The van der Waals surface area contributed by atoms with Gasteiger partial charge in [-0.1, -0.05) is 5.21 Å². The van der Waals surface area contributed by atoms with E-state index in [0.29, 0.717) is 10.2 Å². The van der Waals surface area contributed by atoms with Crippen LogP contribution in [0.4, 0.5) is 11.5 Å². The van der Waals surface area contributed by atoms with Crippen LogP contribution in [0.3, 0.4) is 0 Å². The molecule has 0 aliphatic rings. The van der Waals surface area contributed by atoms with Crippen LogP contribution < -0.4 is 5.73 Å². The highest BCUT2D eigenvalue weighted by Crippen LogP contribution is 2.31. The molecule has 0 saturated carbocycles. The molecule has 1 aromatic carbocycles. The zero-order valence-electron chi connectivity index (χ0n) is 8.79. The number of aryl methyl sites for hydroxylation is 1. The number of nitrogens with zero attached hydrogens (tertiary/aromatic N) is 4. The molecule has 8 heteroatoms. The van der Waals surface area contributed by atoms with Gasteiger partial charge in [0.25, 0.3) is 5.69 Å². The quantitative estimate of drug-likeness (QED) is 0.673. The van der Waals surface area contributed by atoms with Gasteiger partial charge in [0.2, 0.25) is 0 Å². The number of nitro groups is 1. The first kappa shape index (κ1) is 11.5. The van der Waals surface area contributed by atoms with E-state index in [1.165, 1.54) is 16.9 Å². The van der Waals surface area contributed by atoms with Gasteiger partial charge in [-0.15, -0.1) is 5.10 Å². The van der Waals surface area contributed by atoms with Gasteiger partial charge in [-0.3, -0.25) is 10.1 Å². The molecule has 0 unspecified atom stereocenters. The maximum Gasteiger partial charge on any atom is 0.296 e. The Kier molecular flexibility index (Phi) is 2.80. The van der Waals surface area contributed by atoms with Crippen LogP contribution in [0.25, 0.3) is 5.69 Å². The minimum absolute atomic E-state index is 0.0539. The number of halogens is 1. The summed E-state index contributed by atoms with van der Waals surface area (Å²) >= 11 is 3.28. The Hall–Kier alpha value is -1.96. The lowest BCUT2D eigenvalue weighted by atomic mass is 10.2. The van der Waals surface area contributed by atoms with Gasteiger partial charge in [0, 0.05) is 6.07 Å². The zero-order chi connectivity index (χ0) is 12.6. The third kappa shape index (κ3) is 2.11. The summed E-state index contributed by atoms with van der Waals surface area (Å²) in [4.78, 5) is 10.5. The summed E-state index contributed by atoms with van der Waals surface area (Å²) in [6, 6.07) is 3.23. The van der Waals surface area contributed by atoms with Crippen molar-refractivity contribution in [3.63, 3.8) is 0 Å². The minimum atomic E-state index is -0.467. The highest BCUT2D eigenvalue weighted by Gasteiger charge is 2.20. The van der Waals surface area contributed by atoms with Crippen LogP contribution in [0.15, 0.2) is 22.8 Å². The fourth-order valence-corrected chi connectivity index (χ4v) is 2.21. The fourth-order valence-electron chi connectivity index (χ4n) is 1.47. The van der Waals surface area contributed by atoms with E-state index in [0.717, 1.165) is 5.56 Å². The van der Waals surface area contributed by atoms with Gasteiger partial charge in [0.1, 0.15) is 0 Å². The van der Waals surface area contributed by atoms with Crippen LogP contribution in [0.1, 0.15) is 5.56 Å². The molecule has 0 radical (unpaired) electrons. The van der Waals surface area contributed by atoms with Crippen molar-refractivity contribution in [2.45, 2.75) is 6.92 Å². The summed E-state index contributed by atoms with van der Waals surface area (Å²) < 4.78 is 1.84. The molecule has 0 fully saturated rings. The van der Waals surface area contributed by atoms with Crippen molar-refractivity contribution < 1.29 is 4.92 Å². The molecule has 17 heavy (non-hydrogen) atoms. The summed E-state index contributed by atoms with van der Waals surface area (Å²) in [5, 5.41) is 18.3. The van der Waals surface area contributed by atoms with Gasteiger partial charge in [0.15, 0.2) is 11.5 Å². The Bertz CT molecular complexity index is 595. The van der Waals surface area contributed by atoms with Gasteiger partial charge in [0.05, 0.1) is 15.6 Å². The largest absolute Gasteiger partial charge is 0.381 e. The van der Waals surface area contributed by atoms with Crippen molar-refractivity contribution >= 4 is 27.4 Å². The normalized spacial score (nSPS) is 10.5. The second kappa shape index (κ2) is 4.13. The second-order valence-corrected chi connectivity index (χ2v) is 4.31. The van der Waals surface area contributed by atoms with Crippen LogP contribution in [0.2, 0.25) is 0 Å². The predicted octanol–water partition coefficient (Wildman–Crippen LogP) is 1.83. The number of hydrogen-bond donors (Lipinski definition) is 1. The molecule has 0 spiro atoms. The molecule has 0 aliphatic heterocycles. The van der Waals surface area contributed by atoms with Crippen molar-refractivity contribution in [2.24, 2.45) is 0 Å². The van der Waals surface area contributed by atoms with Gasteiger partial charge in [-0.05, 0) is 34.5 Å². The molecule has 0 bridgehead atoms. The third-order valence-electron chi connectivity index (χ3n) is 2.12. The average Bonchev–Trinajstić information content (AvgIpc) is 2.63. The molecular formula is C9H8BrN5O2. The van der Waals surface area contributed by atoms with E-state index in [2.05, 4.69) is 26.2 Å². The molecule has 0 amide bonds. The monoisotopic (exact) mass is 297 g/mol. The van der Waals surface area contributed by atoms with E-state index in [-0.39, 0.29) is 11.5 Å². The van der Waals surface area contributed by atoms with E-state index in [1.54, 1.807) is 13.0 Å². The summed E-state index contributed by atoms with van der Waals surface area (Å²) in [6.45, 7) is 1.78. The Morgan fingerprint density at radius 1 is 1.53 bits per heavy atom. The molecule has 0 atom stereocenters. The zero-order valence-corrected chi connectivity index (χ0v) is 10.4. The van der Waals surface area contributed by atoms with Crippen molar-refractivity contribution in [3.8, 4) is 5.69 Å². The van der Waals surface area contributed by atoms with Crippen molar-refractivity contribution in [1.82, 2.24) is 15.0 Å². The molecule has 2 N–H and O–H groups in total. The molecule has 0 saturated heterocycles. The van der Waals surface area contributed by atoms with Gasteiger partial charge in [-0.2, -0.15) is 0 Å². The van der Waals surface area contributed by atoms with Gasteiger partial charge < -0.3 is 5.73 Å². The number of aromatic nitrogens is 3. The van der Waals surface area contributed by atoms with Crippen molar-refractivity contribution in [1.29, 1.82) is 0 Å². The van der Waals surface area contributed by atoms with E-state index >= 15 is 0 Å². The smallest absolute Gasteiger partial charge is 0.296 e. The molecule has 88 valence electrons. The van der Waals surface area contributed by atoms with E-state index in [9.17, 15) is 10.1 Å². The molecule has 1 aromatic heterocycles. The lowest BCUT2D eigenvalue weighted by molar-refractivity contribution is -0.384. The summed E-state index contributed by atoms with van der Waals surface area (Å²) in [6.07, 6.45) is 1.42. The lowest BCUT2D eigenvalue weighted by Crippen LogP contribution is -2.02. The summed E-state index contributed by atoms with van der Waals surface area (Å²) in [5.74, 6) is 0.201. The topological polar surface area (TPSA) is 99.9 Å². The number of anilines is 1. The van der Waals surface area contributed by atoms with E-state index < -0.39 is 4.92 Å². The van der Waals surface area contributed by atoms with Crippen molar-refractivity contribution in [2.75, 3.05) is 5.73 Å². The maximum atomic E-state index is 11.0. The third-order valence-corrected chi connectivity index (χ3v) is 2.73. The first-order valence-electron chi connectivity index (χ1n) is 4.62. The van der Waals surface area contributed by atoms with E-state index in [1.807, 2.05) is 0 Å². The Morgan fingerprint density at radius 2 is 2.24 bits per heavy atom. The SMILES string of the molecule is Cc1cc(Br)c(-n2cc(N)nn2)c([N+](=O)[O-])c1. The summed E-state index contributed by atoms with van der Waals surface area (Å²) in [7, 11) is 0. The molecule has 7 nitrogen and oxygen atoms in total. The van der Waals surface area contributed by atoms with Crippen LogP contribution >= 0.6 is 15.9 Å². The number of nitrogen functional groups attached to an aromatic ring is 1. The molecule has 2 aromatic rings. The number of nitro benzene ring substituents is 1. The number of nitrogens with two attached hydrogens (primary N) is 1. The van der Waals surface area contributed by atoms with Crippen molar-refractivity contribution in [3.05, 3.63) is 38.5 Å². The van der Waals surface area contributed by atoms with Crippen LogP contribution in [-0.2, 0) is 0 Å². The van der Waals surface area contributed by atoms with Crippen LogP contribution in [0.5, 0.6) is 0 Å². The van der Waals surface area contributed by atoms with E-state index in [4.69, 9.17) is 5.73 Å². The number of rotatable bonds is 2.